The van der Waals surface area contributed by atoms with Gasteiger partial charge in [-0.2, -0.15) is 5.10 Å². The Morgan fingerprint density at radius 3 is 2.52 bits per heavy atom. The number of carbonyl (C=O) groups excluding carboxylic acids is 1. The van der Waals surface area contributed by atoms with E-state index in [1.807, 2.05) is 13.0 Å². The molecule has 8 heteroatoms. The molecule has 4 aromatic rings. The summed E-state index contributed by atoms with van der Waals surface area (Å²) >= 11 is 0. The molecular formula is C25H24F2N4O2. The normalized spacial score (nSPS) is 12.2. The smallest absolute Gasteiger partial charge is 0.262 e. The van der Waals surface area contributed by atoms with Crippen molar-refractivity contribution in [2.45, 2.75) is 33.4 Å². The van der Waals surface area contributed by atoms with Crippen LogP contribution in [-0.4, -0.2) is 20.3 Å². The van der Waals surface area contributed by atoms with Crippen molar-refractivity contribution >= 4 is 16.7 Å². The fraction of sp³-hybridized carbons (Fsp3) is 0.240. The number of hydrogen-bond acceptors (Lipinski definition) is 3. The van der Waals surface area contributed by atoms with Gasteiger partial charge in [-0.05, 0) is 50.6 Å². The van der Waals surface area contributed by atoms with Crippen LogP contribution >= 0.6 is 0 Å². The minimum atomic E-state index is -0.698. The Labute approximate surface area is 189 Å². The maximum Gasteiger partial charge on any atom is 0.262 e. The van der Waals surface area contributed by atoms with Gasteiger partial charge in [-0.25, -0.2) is 8.78 Å². The molecule has 2 heterocycles. The Morgan fingerprint density at radius 2 is 1.85 bits per heavy atom. The van der Waals surface area contributed by atoms with Gasteiger partial charge in [0.2, 0.25) is 0 Å². The fourth-order valence-electron chi connectivity index (χ4n) is 4.05. The van der Waals surface area contributed by atoms with Gasteiger partial charge in [0, 0.05) is 23.8 Å². The predicted molar refractivity (Wildman–Crippen MR) is 122 cm³/mol. The first-order valence-corrected chi connectivity index (χ1v) is 10.5. The number of halogens is 2. The molecule has 0 spiro atoms. The van der Waals surface area contributed by atoms with Crippen molar-refractivity contribution in [2.75, 3.05) is 0 Å². The summed E-state index contributed by atoms with van der Waals surface area (Å²) in [5.74, 6) is -1.59. The van der Waals surface area contributed by atoms with Crippen molar-refractivity contribution in [2.24, 2.45) is 7.05 Å². The van der Waals surface area contributed by atoms with E-state index in [4.69, 9.17) is 0 Å². The molecule has 0 fully saturated rings. The number of benzene rings is 2. The SMILES string of the molecule is Cc1cc(Cn2c(C)c(C(=O)N[C@@H](C)c3cccc(F)c3)c3cccc(F)c3c2=O)nn1C. The van der Waals surface area contributed by atoms with Crippen LogP contribution in [-0.2, 0) is 13.6 Å². The molecule has 0 saturated heterocycles. The highest BCUT2D eigenvalue weighted by Crippen LogP contribution is 2.24. The number of carbonyl (C=O) groups is 1. The topological polar surface area (TPSA) is 68.9 Å². The number of fused-ring (bicyclic) bond motifs is 1. The highest BCUT2D eigenvalue weighted by molar-refractivity contribution is 6.08. The second-order valence-electron chi connectivity index (χ2n) is 8.16. The monoisotopic (exact) mass is 450 g/mol. The van der Waals surface area contributed by atoms with Crippen LogP contribution in [0.1, 0.15) is 46.0 Å². The van der Waals surface area contributed by atoms with Crippen molar-refractivity contribution < 1.29 is 13.6 Å². The molecule has 0 radical (unpaired) electrons. The third kappa shape index (κ3) is 4.16. The van der Waals surface area contributed by atoms with E-state index in [2.05, 4.69) is 10.4 Å². The molecule has 1 N–H and O–H groups in total. The molecule has 33 heavy (non-hydrogen) atoms. The van der Waals surface area contributed by atoms with Crippen molar-refractivity contribution in [1.29, 1.82) is 0 Å². The van der Waals surface area contributed by atoms with Gasteiger partial charge < -0.3 is 9.88 Å². The minimum Gasteiger partial charge on any atom is -0.345 e. The van der Waals surface area contributed by atoms with Crippen molar-refractivity contribution in [3.8, 4) is 0 Å². The second kappa shape index (κ2) is 8.61. The lowest BCUT2D eigenvalue weighted by atomic mass is 10.0. The summed E-state index contributed by atoms with van der Waals surface area (Å²) in [6.07, 6.45) is 0. The molecule has 0 saturated carbocycles. The molecular weight excluding hydrogens is 426 g/mol. The number of hydrogen-bond donors (Lipinski definition) is 1. The van der Waals surface area contributed by atoms with Crippen LogP contribution in [0, 0.1) is 25.5 Å². The van der Waals surface area contributed by atoms with Gasteiger partial charge in [0.15, 0.2) is 0 Å². The van der Waals surface area contributed by atoms with Crippen LogP contribution in [0.3, 0.4) is 0 Å². The molecule has 1 atom stereocenters. The molecule has 0 aliphatic rings. The molecule has 6 nitrogen and oxygen atoms in total. The maximum atomic E-state index is 14.8. The van der Waals surface area contributed by atoms with Crippen LogP contribution in [0.5, 0.6) is 0 Å². The zero-order valence-corrected chi connectivity index (χ0v) is 18.8. The summed E-state index contributed by atoms with van der Waals surface area (Å²) in [6.45, 7) is 5.37. The van der Waals surface area contributed by atoms with Gasteiger partial charge in [0.05, 0.1) is 29.2 Å². The summed E-state index contributed by atoms with van der Waals surface area (Å²) in [4.78, 5) is 26.6. The summed E-state index contributed by atoms with van der Waals surface area (Å²) in [7, 11) is 1.79. The van der Waals surface area contributed by atoms with E-state index in [0.717, 1.165) is 5.69 Å². The number of pyridine rings is 1. The summed E-state index contributed by atoms with van der Waals surface area (Å²) in [5, 5.41) is 7.32. The number of nitrogens with zero attached hydrogens (tertiary/aromatic N) is 3. The number of aromatic nitrogens is 3. The number of rotatable bonds is 5. The van der Waals surface area contributed by atoms with Crippen LogP contribution in [0.4, 0.5) is 8.78 Å². The first-order valence-electron chi connectivity index (χ1n) is 10.5. The zero-order chi connectivity index (χ0) is 23.9. The highest BCUT2D eigenvalue weighted by atomic mass is 19.1. The summed E-state index contributed by atoms with van der Waals surface area (Å²) in [5.41, 5.74) is 2.18. The molecule has 170 valence electrons. The third-order valence-electron chi connectivity index (χ3n) is 5.92. The van der Waals surface area contributed by atoms with Gasteiger partial charge in [-0.3, -0.25) is 14.3 Å². The van der Waals surface area contributed by atoms with Crippen molar-refractivity contribution in [3.63, 3.8) is 0 Å². The summed E-state index contributed by atoms with van der Waals surface area (Å²) in [6, 6.07) is 11.5. The van der Waals surface area contributed by atoms with Gasteiger partial charge in [-0.15, -0.1) is 0 Å². The minimum absolute atomic E-state index is 0.0936. The van der Waals surface area contributed by atoms with E-state index in [0.29, 0.717) is 17.0 Å². The van der Waals surface area contributed by atoms with Gasteiger partial charge in [-0.1, -0.05) is 24.3 Å². The van der Waals surface area contributed by atoms with Gasteiger partial charge >= 0.3 is 0 Å². The van der Waals surface area contributed by atoms with Gasteiger partial charge in [0.25, 0.3) is 11.5 Å². The van der Waals surface area contributed by atoms with Crippen LogP contribution < -0.4 is 10.9 Å². The number of aryl methyl sites for hydroxylation is 2. The van der Waals surface area contributed by atoms with Gasteiger partial charge in [0.1, 0.15) is 11.6 Å². The average Bonchev–Trinajstić information content (AvgIpc) is 3.08. The zero-order valence-electron chi connectivity index (χ0n) is 18.8. The van der Waals surface area contributed by atoms with E-state index in [-0.39, 0.29) is 22.9 Å². The largest absolute Gasteiger partial charge is 0.345 e. The lowest BCUT2D eigenvalue weighted by Gasteiger charge is -2.19. The number of nitrogens with one attached hydrogen (secondary N) is 1. The van der Waals surface area contributed by atoms with Crippen LogP contribution in [0.2, 0.25) is 0 Å². The first kappa shape index (κ1) is 22.4. The van der Waals surface area contributed by atoms with Crippen LogP contribution in [0.25, 0.3) is 10.8 Å². The standard InChI is InChI=1S/C25H24F2N4O2/c1-14-11-19(29-30(14)4)13-31-16(3)22(20-9-6-10-21(27)23(20)25(31)33)24(32)28-15(2)17-7-5-8-18(26)12-17/h5-12,15H,13H2,1-4H3,(H,28,32)/t15-/m0/s1. The molecule has 0 aliphatic heterocycles. The van der Waals surface area contributed by atoms with E-state index in [1.165, 1.54) is 28.8 Å². The Balaban J connectivity index is 1.83. The van der Waals surface area contributed by atoms with E-state index < -0.39 is 29.1 Å². The van der Waals surface area contributed by atoms with Crippen molar-refractivity contribution in [3.05, 3.63) is 98.7 Å². The fourth-order valence-corrected chi connectivity index (χ4v) is 4.05. The lowest BCUT2D eigenvalue weighted by molar-refractivity contribution is 0.0940. The number of amides is 1. The summed E-state index contributed by atoms with van der Waals surface area (Å²) < 4.78 is 31.5. The second-order valence-corrected chi connectivity index (χ2v) is 8.16. The van der Waals surface area contributed by atoms with Crippen molar-refractivity contribution in [1.82, 2.24) is 19.7 Å². The van der Waals surface area contributed by atoms with E-state index in [1.54, 1.807) is 43.8 Å². The Bertz CT molecular complexity index is 1420. The molecule has 2 aromatic carbocycles. The third-order valence-corrected chi connectivity index (χ3v) is 5.92. The lowest BCUT2D eigenvalue weighted by Crippen LogP contribution is -2.32. The first-order chi connectivity index (χ1) is 15.7. The molecule has 0 aliphatic carbocycles. The van der Waals surface area contributed by atoms with E-state index in [9.17, 15) is 18.4 Å². The van der Waals surface area contributed by atoms with Crippen LogP contribution in [0.15, 0.2) is 53.3 Å². The Kier molecular flexibility index (Phi) is 5.84. The molecule has 2 aromatic heterocycles. The quantitative estimate of drug-likeness (QED) is 0.496. The Morgan fingerprint density at radius 1 is 1.12 bits per heavy atom. The molecule has 4 rings (SSSR count). The van der Waals surface area contributed by atoms with E-state index >= 15 is 0 Å². The maximum absolute atomic E-state index is 14.8. The highest BCUT2D eigenvalue weighted by Gasteiger charge is 2.23. The molecule has 0 unspecified atom stereocenters. The Hall–Kier alpha value is -3.81. The molecule has 1 amide bonds. The average molecular weight is 450 g/mol. The predicted octanol–water partition coefficient (Wildman–Crippen LogP) is 4.17. The molecule has 0 bridgehead atoms.